The largest absolute Gasteiger partial charge is 0.444 e. The minimum atomic E-state index is -3.32. The summed E-state index contributed by atoms with van der Waals surface area (Å²) in [5.41, 5.74) is 0. The van der Waals surface area contributed by atoms with Gasteiger partial charge in [0.25, 0.3) is 20.0 Å². The van der Waals surface area contributed by atoms with Crippen molar-refractivity contribution in [2.45, 2.75) is 26.2 Å². The molecule has 0 radical (unpaired) electrons. The van der Waals surface area contributed by atoms with E-state index in [0.717, 1.165) is 20.7 Å². The fraction of sp³-hybridized carbons (Fsp3) is 0.143. The molecule has 0 atom stereocenters. The normalized spacial score (nSPS) is 12.9. The summed E-state index contributed by atoms with van der Waals surface area (Å²) < 4.78 is 34.3. The van der Waals surface area contributed by atoms with Gasteiger partial charge in [-0.05, 0) is 46.9 Å². The molecule has 0 saturated carbocycles. The van der Waals surface area contributed by atoms with Gasteiger partial charge in [0.15, 0.2) is 18.1 Å². The molecule has 4 aromatic rings. The predicted molar refractivity (Wildman–Crippen MR) is 176 cm³/mol. The monoisotopic (exact) mass is 622 g/mol. The lowest BCUT2D eigenvalue weighted by molar-refractivity contribution is 0.337. The maximum absolute atomic E-state index is 7.71. The van der Waals surface area contributed by atoms with Crippen LogP contribution < -0.4 is 20.7 Å². The fourth-order valence-corrected chi connectivity index (χ4v) is 20.5. The molecule has 5 nitrogen and oxygen atoms in total. The van der Waals surface area contributed by atoms with Crippen LogP contribution in [0.3, 0.4) is 0 Å². The first-order valence-corrected chi connectivity index (χ1v) is 24.9. The highest BCUT2D eigenvalue weighted by atomic mass is 28.5. The summed E-state index contributed by atoms with van der Waals surface area (Å²) in [6.07, 6.45) is 0. The van der Waals surface area contributed by atoms with E-state index in [9.17, 15) is 0 Å². The van der Waals surface area contributed by atoms with E-state index in [-0.39, 0.29) is 0 Å². The molecule has 0 aliphatic rings. The molecule has 0 aromatic heterocycles. The van der Waals surface area contributed by atoms with Crippen molar-refractivity contribution in [3.8, 4) is 0 Å². The van der Waals surface area contributed by atoms with E-state index in [1.165, 1.54) is 0 Å². The van der Waals surface area contributed by atoms with Gasteiger partial charge in [0.1, 0.15) is 0 Å². The van der Waals surface area contributed by atoms with Crippen molar-refractivity contribution in [2.75, 3.05) is 0 Å². The van der Waals surface area contributed by atoms with Crippen molar-refractivity contribution >= 4 is 76.0 Å². The van der Waals surface area contributed by atoms with Crippen LogP contribution in [0.1, 0.15) is 0 Å². The Morgan fingerprint density at radius 2 is 0.692 bits per heavy atom. The summed E-state index contributed by atoms with van der Waals surface area (Å²) in [5, 5.41) is 4.19. The summed E-state index contributed by atoms with van der Waals surface area (Å²) in [6.45, 7) is 8.72. The SMILES string of the molecule is C[SiH](C)O[SiH2]O[Si](O[Si](O[SiH2]O[SiH](C)C)(c1ccccc1)c1ccccc1)(c1ccccc1)c1ccccc1. The summed E-state index contributed by atoms with van der Waals surface area (Å²) in [7, 11) is -11.9. The first kappa shape index (κ1) is 30.0. The van der Waals surface area contributed by atoms with Crippen LogP contribution in [0.5, 0.6) is 0 Å². The summed E-state index contributed by atoms with van der Waals surface area (Å²) in [4.78, 5) is 0. The molecule has 11 heteroatoms. The second kappa shape index (κ2) is 14.6. The molecule has 0 N–H and O–H groups in total. The Bertz CT molecular complexity index is 1070. The van der Waals surface area contributed by atoms with Crippen LogP contribution in [0.2, 0.25) is 26.2 Å². The van der Waals surface area contributed by atoms with Crippen molar-refractivity contribution in [2.24, 2.45) is 0 Å². The molecule has 0 aliphatic carbocycles. The highest BCUT2D eigenvalue weighted by Gasteiger charge is 2.54. The van der Waals surface area contributed by atoms with Gasteiger partial charge in [-0.1, -0.05) is 121 Å². The third-order valence-electron chi connectivity index (χ3n) is 6.23. The molecular weight excluding hydrogens is 585 g/mol. The van der Waals surface area contributed by atoms with Crippen molar-refractivity contribution in [3.05, 3.63) is 121 Å². The standard InChI is InChI=1S/C28H38O5Si6/c1-36(2)29-34-31-38(25-17-9-5-10-18-25,26-19-11-6-12-20-26)33-39(32-35-30-37(3)4,27-21-13-7-14-22-27)28-23-15-8-16-24-28/h5-24,36-37H,34-35H2,1-4H3. The number of benzene rings is 4. The van der Waals surface area contributed by atoms with Crippen molar-refractivity contribution in [1.82, 2.24) is 0 Å². The fourth-order valence-electron chi connectivity index (χ4n) is 4.30. The van der Waals surface area contributed by atoms with E-state index in [2.05, 4.69) is 123 Å². The average Bonchev–Trinajstić information content (AvgIpc) is 2.97. The molecule has 204 valence electrons. The number of hydrogen-bond acceptors (Lipinski definition) is 5. The topological polar surface area (TPSA) is 46.2 Å². The van der Waals surface area contributed by atoms with Gasteiger partial charge in [-0.15, -0.1) is 0 Å². The summed E-state index contributed by atoms with van der Waals surface area (Å²) in [5.74, 6) is 0. The van der Waals surface area contributed by atoms with E-state index < -0.39 is 55.2 Å². The molecule has 4 rings (SSSR count). The van der Waals surface area contributed by atoms with Crippen molar-refractivity contribution in [1.29, 1.82) is 0 Å². The van der Waals surface area contributed by atoms with E-state index >= 15 is 0 Å². The Kier molecular flexibility index (Phi) is 11.2. The third-order valence-corrected chi connectivity index (χ3v) is 23.5. The van der Waals surface area contributed by atoms with Crippen LogP contribution >= 0.6 is 0 Å². The lowest BCUT2D eigenvalue weighted by atomic mass is 10.4. The predicted octanol–water partition coefficient (Wildman–Crippen LogP) is 1.55. The van der Waals surface area contributed by atoms with Crippen molar-refractivity contribution in [3.63, 3.8) is 0 Å². The molecule has 0 bridgehead atoms. The van der Waals surface area contributed by atoms with Gasteiger partial charge < -0.3 is 20.6 Å². The Morgan fingerprint density at radius 3 is 0.923 bits per heavy atom. The van der Waals surface area contributed by atoms with Gasteiger partial charge in [-0.3, -0.25) is 0 Å². The Labute approximate surface area is 243 Å². The quantitative estimate of drug-likeness (QED) is 0.200. The van der Waals surface area contributed by atoms with Gasteiger partial charge >= 0.3 is 17.1 Å². The molecule has 0 aliphatic heterocycles. The molecular formula is C28H38O5Si6. The maximum atomic E-state index is 7.71. The van der Waals surface area contributed by atoms with Crippen LogP contribution in [-0.4, -0.2) is 55.2 Å². The average molecular weight is 623 g/mol. The second-order valence-corrected chi connectivity index (χ2v) is 25.0. The molecule has 0 spiro atoms. The zero-order chi connectivity index (χ0) is 27.6. The molecule has 0 amide bonds. The smallest absolute Gasteiger partial charge is 0.389 e. The van der Waals surface area contributed by atoms with Crippen LogP contribution in [0, 0.1) is 0 Å². The first-order valence-electron chi connectivity index (χ1n) is 13.4. The Hall–Kier alpha value is -2.02. The zero-order valence-corrected chi connectivity index (χ0v) is 30.3. The lowest BCUT2D eigenvalue weighted by Crippen LogP contribution is -2.76. The first-order chi connectivity index (χ1) is 19.0. The highest BCUT2D eigenvalue weighted by molar-refractivity contribution is 7.06. The van der Waals surface area contributed by atoms with Crippen LogP contribution in [0.4, 0.5) is 0 Å². The summed E-state index contributed by atoms with van der Waals surface area (Å²) >= 11 is 0. The molecule has 0 saturated heterocycles. The van der Waals surface area contributed by atoms with E-state index in [1.807, 2.05) is 24.3 Å². The third kappa shape index (κ3) is 7.59. The minimum absolute atomic E-state index is 1.05. The second-order valence-electron chi connectivity index (χ2n) is 9.75. The van der Waals surface area contributed by atoms with Gasteiger partial charge in [0.05, 0.1) is 0 Å². The number of rotatable bonds is 14. The molecule has 39 heavy (non-hydrogen) atoms. The maximum Gasteiger partial charge on any atom is 0.389 e. The van der Waals surface area contributed by atoms with Crippen LogP contribution in [0.15, 0.2) is 121 Å². The van der Waals surface area contributed by atoms with Gasteiger partial charge in [-0.25, -0.2) is 0 Å². The molecule has 0 heterocycles. The van der Waals surface area contributed by atoms with E-state index in [4.69, 9.17) is 20.6 Å². The van der Waals surface area contributed by atoms with E-state index in [0.29, 0.717) is 0 Å². The van der Waals surface area contributed by atoms with Gasteiger partial charge in [0.2, 0.25) is 0 Å². The lowest BCUT2D eigenvalue weighted by Gasteiger charge is -2.42. The van der Waals surface area contributed by atoms with E-state index in [1.54, 1.807) is 0 Å². The Balaban J connectivity index is 1.97. The highest BCUT2D eigenvalue weighted by Crippen LogP contribution is 2.20. The molecule has 4 aromatic carbocycles. The van der Waals surface area contributed by atoms with Gasteiger partial charge in [-0.2, -0.15) is 0 Å². The van der Waals surface area contributed by atoms with Crippen LogP contribution in [-0.2, 0) is 20.6 Å². The molecule has 0 unspecified atom stereocenters. The summed E-state index contributed by atoms with van der Waals surface area (Å²) in [6, 6.07) is 41.6. The minimum Gasteiger partial charge on any atom is -0.444 e. The van der Waals surface area contributed by atoms with Crippen molar-refractivity contribution < 1.29 is 20.6 Å². The van der Waals surface area contributed by atoms with Gasteiger partial charge in [0, 0.05) is 0 Å². The Morgan fingerprint density at radius 1 is 0.436 bits per heavy atom. The van der Waals surface area contributed by atoms with Crippen LogP contribution in [0.25, 0.3) is 0 Å². The zero-order valence-electron chi connectivity index (χ0n) is 23.2. The molecule has 0 fully saturated rings. The number of hydrogen-bond donors (Lipinski definition) is 0.